The Labute approximate surface area is 94.8 Å². The summed E-state index contributed by atoms with van der Waals surface area (Å²) in [5.74, 6) is 0.170. The molecule has 0 aromatic heterocycles. The van der Waals surface area contributed by atoms with Crippen LogP contribution in [0.15, 0.2) is 0 Å². The van der Waals surface area contributed by atoms with Crippen molar-refractivity contribution in [2.45, 2.75) is 65.7 Å². The average Bonchev–Trinajstić information content (AvgIpc) is 2.22. The average molecular weight is 213 g/mol. The van der Waals surface area contributed by atoms with E-state index in [1.807, 2.05) is 0 Å². The van der Waals surface area contributed by atoms with Gasteiger partial charge in [0, 0.05) is 13.5 Å². The summed E-state index contributed by atoms with van der Waals surface area (Å²) in [6, 6.07) is 0. The van der Waals surface area contributed by atoms with E-state index in [1.54, 1.807) is 7.05 Å². The first-order valence-corrected chi connectivity index (χ1v) is 6.22. The highest BCUT2D eigenvalue weighted by atomic mass is 16.1. The molecule has 0 unspecified atom stereocenters. The summed E-state index contributed by atoms with van der Waals surface area (Å²) in [6.45, 7) is 6.92. The molecule has 0 atom stereocenters. The Kier molecular flexibility index (Phi) is 7.45. The van der Waals surface area contributed by atoms with Crippen LogP contribution in [0.2, 0.25) is 0 Å². The van der Waals surface area contributed by atoms with E-state index in [2.05, 4.69) is 26.1 Å². The zero-order valence-electron chi connectivity index (χ0n) is 10.9. The van der Waals surface area contributed by atoms with Crippen LogP contribution < -0.4 is 5.32 Å². The summed E-state index contributed by atoms with van der Waals surface area (Å²) in [7, 11) is 1.70. The minimum absolute atomic E-state index is 0.170. The molecule has 2 heteroatoms. The second-order valence-corrected chi connectivity index (χ2v) is 5.11. The molecule has 0 aromatic carbocycles. The van der Waals surface area contributed by atoms with Crippen molar-refractivity contribution < 1.29 is 4.79 Å². The smallest absolute Gasteiger partial charge is 0.219 e. The van der Waals surface area contributed by atoms with Crippen LogP contribution in [0, 0.1) is 5.41 Å². The fourth-order valence-electron chi connectivity index (χ4n) is 1.54. The molecule has 0 aliphatic carbocycles. The van der Waals surface area contributed by atoms with E-state index in [0.29, 0.717) is 11.8 Å². The first-order chi connectivity index (χ1) is 7.02. The zero-order chi connectivity index (χ0) is 11.7. The summed E-state index contributed by atoms with van der Waals surface area (Å²) in [4.78, 5) is 10.9. The normalized spacial score (nSPS) is 11.5. The fourth-order valence-corrected chi connectivity index (χ4v) is 1.54. The van der Waals surface area contributed by atoms with Crippen LogP contribution in [0.1, 0.15) is 65.7 Å². The number of hydrogen-bond acceptors (Lipinski definition) is 1. The Balaban J connectivity index is 3.29. The molecular formula is C13H27NO. The van der Waals surface area contributed by atoms with Gasteiger partial charge in [-0.2, -0.15) is 0 Å². The summed E-state index contributed by atoms with van der Waals surface area (Å²) >= 11 is 0. The van der Waals surface area contributed by atoms with E-state index in [4.69, 9.17) is 0 Å². The van der Waals surface area contributed by atoms with Crippen LogP contribution in [-0.2, 0) is 4.79 Å². The highest BCUT2D eigenvalue weighted by Crippen LogP contribution is 2.27. The van der Waals surface area contributed by atoms with E-state index in [0.717, 1.165) is 6.42 Å². The monoisotopic (exact) mass is 213 g/mol. The Hall–Kier alpha value is -0.530. The van der Waals surface area contributed by atoms with Crippen molar-refractivity contribution in [3.8, 4) is 0 Å². The standard InChI is InChI=1S/C13H27NO/c1-5-13(2,3)11-9-7-6-8-10-12(15)14-4/h5-11H2,1-4H3,(H,14,15). The Morgan fingerprint density at radius 1 is 1.13 bits per heavy atom. The number of carbonyl (C=O) groups excluding carboxylic acids is 1. The molecule has 1 N–H and O–H groups in total. The molecule has 0 spiro atoms. The van der Waals surface area contributed by atoms with Crippen LogP contribution in [0.3, 0.4) is 0 Å². The van der Waals surface area contributed by atoms with Crippen LogP contribution in [-0.4, -0.2) is 13.0 Å². The Bertz CT molecular complexity index is 175. The lowest BCUT2D eigenvalue weighted by Gasteiger charge is -2.22. The zero-order valence-corrected chi connectivity index (χ0v) is 10.9. The van der Waals surface area contributed by atoms with Crippen molar-refractivity contribution in [2.24, 2.45) is 5.41 Å². The number of unbranched alkanes of at least 4 members (excludes halogenated alkanes) is 3. The summed E-state index contributed by atoms with van der Waals surface area (Å²) in [5.41, 5.74) is 0.501. The first-order valence-electron chi connectivity index (χ1n) is 6.22. The molecule has 0 saturated heterocycles. The lowest BCUT2D eigenvalue weighted by molar-refractivity contribution is -0.120. The SMILES string of the molecule is CCC(C)(C)CCCCCCC(=O)NC. The van der Waals surface area contributed by atoms with Gasteiger partial charge in [-0.15, -0.1) is 0 Å². The first kappa shape index (κ1) is 14.5. The predicted octanol–water partition coefficient (Wildman–Crippen LogP) is 3.51. The summed E-state index contributed by atoms with van der Waals surface area (Å²) in [6.07, 6.45) is 8.04. The number of rotatable bonds is 8. The molecule has 1 amide bonds. The number of hydrogen-bond donors (Lipinski definition) is 1. The Morgan fingerprint density at radius 2 is 1.73 bits per heavy atom. The van der Waals surface area contributed by atoms with E-state index in [-0.39, 0.29) is 5.91 Å². The molecule has 0 saturated carbocycles. The second kappa shape index (κ2) is 7.72. The molecule has 0 aromatic rings. The molecule has 15 heavy (non-hydrogen) atoms. The van der Waals surface area contributed by atoms with E-state index < -0.39 is 0 Å². The van der Waals surface area contributed by atoms with Crippen molar-refractivity contribution in [1.82, 2.24) is 5.32 Å². The van der Waals surface area contributed by atoms with Crippen molar-refractivity contribution in [2.75, 3.05) is 7.05 Å². The molecule has 0 fully saturated rings. The molecule has 0 aliphatic rings. The molecule has 0 aliphatic heterocycles. The lowest BCUT2D eigenvalue weighted by Crippen LogP contribution is -2.16. The number of amides is 1. The highest BCUT2D eigenvalue weighted by molar-refractivity contribution is 5.75. The predicted molar refractivity (Wildman–Crippen MR) is 65.8 cm³/mol. The van der Waals surface area contributed by atoms with Gasteiger partial charge in [-0.25, -0.2) is 0 Å². The molecule has 0 radical (unpaired) electrons. The largest absolute Gasteiger partial charge is 0.359 e. The van der Waals surface area contributed by atoms with Gasteiger partial charge in [0.1, 0.15) is 0 Å². The maximum absolute atomic E-state index is 10.9. The van der Waals surface area contributed by atoms with Gasteiger partial charge in [0.25, 0.3) is 0 Å². The second-order valence-electron chi connectivity index (χ2n) is 5.11. The topological polar surface area (TPSA) is 29.1 Å². The fraction of sp³-hybridized carbons (Fsp3) is 0.923. The molecule has 0 rings (SSSR count). The molecular weight excluding hydrogens is 186 g/mol. The molecule has 2 nitrogen and oxygen atoms in total. The van der Waals surface area contributed by atoms with E-state index in [9.17, 15) is 4.79 Å². The van der Waals surface area contributed by atoms with Gasteiger partial charge in [0.2, 0.25) is 5.91 Å². The van der Waals surface area contributed by atoms with Crippen molar-refractivity contribution in [3.05, 3.63) is 0 Å². The van der Waals surface area contributed by atoms with Gasteiger partial charge in [0.05, 0.1) is 0 Å². The van der Waals surface area contributed by atoms with Crippen molar-refractivity contribution in [3.63, 3.8) is 0 Å². The van der Waals surface area contributed by atoms with Gasteiger partial charge in [-0.1, -0.05) is 46.5 Å². The van der Waals surface area contributed by atoms with Gasteiger partial charge < -0.3 is 5.32 Å². The number of carbonyl (C=O) groups is 1. The maximum atomic E-state index is 10.9. The third-order valence-corrected chi connectivity index (χ3v) is 3.24. The van der Waals surface area contributed by atoms with Crippen LogP contribution in [0.25, 0.3) is 0 Å². The van der Waals surface area contributed by atoms with Gasteiger partial charge in [-0.3, -0.25) is 4.79 Å². The minimum atomic E-state index is 0.170. The third kappa shape index (κ3) is 8.46. The quantitative estimate of drug-likeness (QED) is 0.614. The number of nitrogens with one attached hydrogen (secondary N) is 1. The molecule has 0 bridgehead atoms. The molecule has 90 valence electrons. The van der Waals surface area contributed by atoms with Crippen molar-refractivity contribution >= 4 is 5.91 Å². The van der Waals surface area contributed by atoms with Gasteiger partial charge >= 0.3 is 0 Å². The third-order valence-electron chi connectivity index (χ3n) is 3.24. The summed E-state index contributed by atoms with van der Waals surface area (Å²) in [5, 5.41) is 2.65. The maximum Gasteiger partial charge on any atom is 0.219 e. The van der Waals surface area contributed by atoms with E-state index in [1.165, 1.54) is 32.1 Å². The van der Waals surface area contributed by atoms with Gasteiger partial charge in [0.15, 0.2) is 0 Å². The van der Waals surface area contributed by atoms with Crippen LogP contribution >= 0.6 is 0 Å². The van der Waals surface area contributed by atoms with Gasteiger partial charge in [-0.05, 0) is 18.3 Å². The molecule has 0 heterocycles. The lowest BCUT2D eigenvalue weighted by atomic mass is 9.84. The summed E-state index contributed by atoms with van der Waals surface area (Å²) < 4.78 is 0. The minimum Gasteiger partial charge on any atom is -0.359 e. The van der Waals surface area contributed by atoms with Crippen molar-refractivity contribution in [1.29, 1.82) is 0 Å². The van der Waals surface area contributed by atoms with Crippen LogP contribution in [0.5, 0.6) is 0 Å². The Morgan fingerprint density at radius 3 is 2.27 bits per heavy atom. The van der Waals surface area contributed by atoms with Crippen LogP contribution in [0.4, 0.5) is 0 Å². The highest BCUT2D eigenvalue weighted by Gasteiger charge is 2.13. The van der Waals surface area contributed by atoms with E-state index >= 15 is 0 Å².